The van der Waals surface area contributed by atoms with Crippen LogP contribution in [0, 0.1) is 6.92 Å². The van der Waals surface area contributed by atoms with Crippen LogP contribution in [-0.2, 0) is 25.9 Å². The molecule has 0 bridgehead atoms. The van der Waals surface area contributed by atoms with E-state index in [0.717, 1.165) is 52.0 Å². The van der Waals surface area contributed by atoms with Gasteiger partial charge in [-0.3, -0.25) is 9.48 Å². The van der Waals surface area contributed by atoms with Gasteiger partial charge in [0.2, 0.25) is 0 Å². The number of carbonyl (C=O) groups excluding carboxylic acids is 1. The number of aryl methyl sites for hydroxylation is 3. The van der Waals surface area contributed by atoms with Gasteiger partial charge in [0.25, 0.3) is 5.91 Å². The molecule has 1 aliphatic rings. The SMILES string of the molecule is CCn1cc2c(n1)-c1c(oc(C(=O)NCc3cccc(Br)c3)c1C)CC2. The lowest BCUT2D eigenvalue weighted by atomic mass is 9.93. The van der Waals surface area contributed by atoms with Gasteiger partial charge in [0.05, 0.1) is 5.69 Å². The highest BCUT2D eigenvalue weighted by atomic mass is 79.9. The van der Waals surface area contributed by atoms with Crippen LogP contribution in [0.4, 0.5) is 0 Å². The maximum atomic E-state index is 12.7. The van der Waals surface area contributed by atoms with E-state index < -0.39 is 0 Å². The maximum Gasteiger partial charge on any atom is 0.287 e. The molecule has 2 aromatic heterocycles. The Labute approximate surface area is 160 Å². The fraction of sp³-hybridized carbons (Fsp3) is 0.300. The van der Waals surface area contributed by atoms with Crippen LogP contribution in [0.3, 0.4) is 0 Å². The predicted octanol–water partition coefficient (Wildman–Crippen LogP) is 4.26. The summed E-state index contributed by atoms with van der Waals surface area (Å²) in [5.74, 6) is 1.07. The van der Waals surface area contributed by atoms with Crippen LogP contribution < -0.4 is 5.32 Å². The van der Waals surface area contributed by atoms with Crippen molar-refractivity contribution in [3.05, 3.63) is 63.1 Å². The van der Waals surface area contributed by atoms with Crippen LogP contribution >= 0.6 is 15.9 Å². The highest BCUT2D eigenvalue weighted by Gasteiger charge is 2.29. The number of rotatable bonds is 4. The molecule has 3 aromatic rings. The first kappa shape index (κ1) is 17.1. The summed E-state index contributed by atoms with van der Waals surface area (Å²) in [6.07, 6.45) is 3.80. The van der Waals surface area contributed by atoms with Gasteiger partial charge in [0.15, 0.2) is 5.76 Å². The molecule has 0 aliphatic heterocycles. The van der Waals surface area contributed by atoms with E-state index >= 15 is 0 Å². The van der Waals surface area contributed by atoms with Crippen LogP contribution in [-0.4, -0.2) is 15.7 Å². The molecule has 1 N–H and O–H groups in total. The summed E-state index contributed by atoms with van der Waals surface area (Å²) < 4.78 is 8.88. The van der Waals surface area contributed by atoms with Gasteiger partial charge in [0, 0.05) is 41.3 Å². The molecule has 0 spiro atoms. The molecule has 0 radical (unpaired) electrons. The molecule has 0 fully saturated rings. The minimum absolute atomic E-state index is 0.187. The van der Waals surface area contributed by atoms with E-state index in [1.54, 1.807) is 0 Å². The van der Waals surface area contributed by atoms with E-state index in [1.807, 2.05) is 35.9 Å². The highest BCUT2D eigenvalue weighted by Crippen LogP contribution is 2.38. The van der Waals surface area contributed by atoms with E-state index in [4.69, 9.17) is 4.42 Å². The van der Waals surface area contributed by atoms with E-state index in [-0.39, 0.29) is 5.91 Å². The third-order valence-corrected chi connectivity index (χ3v) is 5.28. The first-order chi connectivity index (χ1) is 12.6. The second-order valence-corrected chi connectivity index (χ2v) is 7.44. The van der Waals surface area contributed by atoms with Gasteiger partial charge in [-0.1, -0.05) is 28.1 Å². The minimum atomic E-state index is -0.187. The quantitative estimate of drug-likeness (QED) is 0.694. The third-order valence-electron chi connectivity index (χ3n) is 4.79. The van der Waals surface area contributed by atoms with E-state index in [2.05, 4.69) is 39.5 Å². The highest BCUT2D eigenvalue weighted by molar-refractivity contribution is 9.10. The monoisotopic (exact) mass is 413 g/mol. The molecule has 2 heterocycles. The first-order valence-electron chi connectivity index (χ1n) is 8.78. The van der Waals surface area contributed by atoms with Crippen LogP contribution in [0.1, 0.15) is 39.9 Å². The van der Waals surface area contributed by atoms with Crippen LogP contribution in [0.2, 0.25) is 0 Å². The number of halogens is 1. The molecule has 0 saturated heterocycles. The fourth-order valence-corrected chi connectivity index (χ4v) is 3.90. The number of hydrogen-bond donors (Lipinski definition) is 1. The Bertz CT molecular complexity index is 987. The lowest BCUT2D eigenvalue weighted by Gasteiger charge is -2.09. The average molecular weight is 414 g/mol. The van der Waals surface area contributed by atoms with E-state index in [9.17, 15) is 4.79 Å². The Hall–Kier alpha value is -2.34. The predicted molar refractivity (Wildman–Crippen MR) is 103 cm³/mol. The Morgan fingerprint density at radius 2 is 2.23 bits per heavy atom. The molecule has 0 unspecified atom stereocenters. The maximum absolute atomic E-state index is 12.7. The molecule has 1 aromatic carbocycles. The molecule has 26 heavy (non-hydrogen) atoms. The van der Waals surface area contributed by atoms with Crippen molar-refractivity contribution in [1.82, 2.24) is 15.1 Å². The van der Waals surface area contributed by atoms with Crippen molar-refractivity contribution in [2.75, 3.05) is 0 Å². The molecule has 6 heteroatoms. The zero-order valence-electron chi connectivity index (χ0n) is 14.8. The fourth-order valence-electron chi connectivity index (χ4n) is 3.45. The second-order valence-electron chi connectivity index (χ2n) is 6.53. The largest absolute Gasteiger partial charge is 0.455 e. The summed E-state index contributed by atoms with van der Waals surface area (Å²) in [6.45, 7) is 5.30. The lowest BCUT2D eigenvalue weighted by molar-refractivity contribution is 0.0920. The number of nitrogens with zero attached hydrogens (tertiary/aromatic N) is 2. The molecule has 0 saturated carbocycles. The number of nitrogens with one attached hydrogen (secondary N) is 1. The Balaban J connectivity index is 1.60. The summed E-state index contributed by atoms with van der Waals surface area (Å²) in [5, 5.41) is 7.62. The number of carbonyl (C=O) groups is 1. The van der Waals surface area contributed by atoms with Crippen LogP contribution in [0.25, 0.3) is 11.3 Å². The summed E-state index contributed by atoms with van der Waals surface area (Å²) in [4.78, 5) is 12.7. The van der Waals surface area contributed by atoms with E-state index in [1.165, 1.54) is 5.56 Å². The molecular weight excluding hydrogens is 394 g/mol. The molecule has 1 amide bonds. The second kappa shape index (κ2) is 6.76. The van der Waals surface area contributed by atoms with Crippen molar-refractivity contribution >= 4 is 21.8 Å². The third kappa shape index (κ3) is 2.98. The minimum Gasteiger partial charge on any atom is -0.455 e. The zero-order valence-corrected chi connectivity index (χ0v) is 16.4. The summed E-state index contributed by atoms with van der Waals surface area (Å²) in [6, 6.07) is 7.88. The molecule has 4 rings (SSSR count). The van der Waals surface area contributed by atoms with Gasteiger partial charge in [0.1, 0.15) is 5.76 Å². The number of amides is 1. The first-order valence-corrected chi connectivity index (χ1v) is 9.57. The molecule has 1 aliphatic carbocycles. The Morgan fingerprint density at radius 1 is 1.38 bits per heavy atom. The number of benzene rings is 1. The van der Waals surface area contributed by atoms with Crippen molar-refractivity contribution in [2.24, 2.45) is 0 Å². The Morgan fingerprint density at radius 3 is 3.00 bits per heavy atom. The summed E-state index contributed by atoms with van der Waals surface area (Å²) in [7, 11) is 0. The standard InChI is InChI=1S/C20H20BrN3O2/c1-3-24-11-14-7-8-16-17(18(14)23-24)12(2)19(26-16)20(25)22-10-13-5-4-6-15(21)9-13/h4-6,9,11H,3,7-8,10H2,1-2H3,(H,22,25). The van der Waals surface area contributed by atoms with Gasteiger partial charge >= 0.3 is 0 Å². The van der Waals surface area contributed by atoms with E-state index in [0.29, 0.717) is 12.3 Å². The van der Waals surface area contributed by atoms with Crippen molar-refractivity contribution in [3.8, 4) is 11.3 Å². The number of furan rings is 1. The molecule has 0 atom stereocenters. The van der Waals surface area contributed by atoms with Crippen molar-refractivity contribution in [1.29, 1.82) is 0 Å². The van der Waals surface area contributed by atoms with Crippen LogP contribution in [0.5, 0.6) is 0 Å². The lowest BCUT2D eigenvalue weighted by Crippen LogP contribution is -2.23. The van der Waals surface area contributed by atoms with Crippen LogP contribution in [0.15, 0.2) is 39.4 Å². The van der Waals surface area contributed by atoms with Crippen molar-refractivity contribution in [3.63, 3.8) is 0 Å². The average Bonchev–Trinajstić information content (AvgIpc) is 3.20. The number of hydrogen-bond acceptors (Lipinski definition) is 3. The van der Waals surface area contributed by atoms with Crippen molar-refractivity contribution in [2.45, 2.75) is 39.8 Å². The molecular formula is C20H20BrN3O2. The molecule has 5 nitrogen and oxygen atoms in total. The summed E-state index contributed by atoms with van der Waals surface area (Å²) >= 11 is 3.45. The number of aromatic nitrogens is 2. The molecule has 134 valence electrons. The summed E-state index contributed by atoms with van der Waals surface area (Å²) in [5.41, 5.74) is 5.08. The Kier molecular flexibility index (Phi) is 4.44. The normalized spacial score (nSPS) is 12.6. The topological polar surface area (TPSA) is 60.1 Å². The van der Waals surface area contributed by atoms with Gasteiger partial charge in [-0.25, -0.2) is 0 Å². The van der Waals surface area contributed by atoms with Gasteiger partial charge < -0.3 is 9.73 Å². The van der Waals surface area contributed by atoms with Gasteiger partial charge in [-0.15, -0.1) is 0 Å². The smallest absolute Gasteiger partial charge is 0.287 e. The van der Waals surface area contributed by atoms with Gasteiger partial charge in [-0.05, 0) is 43.5 Å². The van der Waals surface area contributed by atoms with Crippen molar-refractivity contribution < 1.29 is 9.21 Å². The van der Waals surface area contributed by atoms with Gasteiger partial charge in [-0.2, -0.15) is 5.10 Å². The number of fused-ring (bicyclic) bond motifs is 3. The zero-order chi connectivity index (χ0) is 18.3.